The van der Waals surface area contributed by atoms with Gasteiger partial charge < -0.3 is 10.2 Å². The maximum Gasteiger partial charge on any atom is 0.335 e. The minimum Gasteiger partial charge on any atom is -0.505 e. The van der Waals surface area contributed by atoms with Crippen LogP contribution in [0.4, 0.5) is 4.39 Å². The van der Waals surface area contributed by atoms with E-state index in [2.05, 4.69) is 0 Å². The Kier molecular flexibility index (Phi) is 4.51. The summed E-state index contributed by atoms with van der Waals surface area (Å²) in [6.45, 7) is 4.00. The number of phenolic OH excluding ortho intramolecular Hbond substituents is 1. The molecule has 0 heterocycles. The van der Waals surface area contributed by atoms with Crippen LogP contribution in [0.3, 0.4) is 0 Å². The molecule has 0 aliphatic heterocycles. The van der Waals surface area contributed by atoms with E-state index >= 15 is 0 Å². The van der Waals surface area contributed by atoms with Crippen LogP contribution < -0.4 is 0 Å². The molecule has 13 heavy (non-hydrogen) atoms. The van der Waals surface area contributed by atoms with Crippen LogP contribution in [0.5, 0.6) is 5.75 Å². The second-order valence-electron chi connectivity index (χ2n) is 1.97. The van der Waals surface area contributed by atoms with Crippen molar-refractivity contribution in [1.29, 1.82) is 0 Å². The highest BCUT2D eigenvalue weighted by Crippen LogP contribution is 2.16. The quantitative estimate of drug-likeness (QED) is 0.707. The zero-order chi connectivity index (χ0) is 10.4. The average Bonchev–Trinajstić information content (AvgIpc) is 2.13. The van der Waals surface area contributed by atoms with Crippen molar-refractivity contribution < 1.29 is 19.4 Å². The van der Waals surface area contributed by atoms with Crippen LogP contribution in [0.15, 0.2) is 18.2 Å². The number of benzene rings is 1. The lowest BCUT2D eigenvalue weighted by Gasteiger charge is -1.95. The van der Waals surface area contributed by atoms with Gasteiger partial charge in [-0.1, -0.05) is 13.8 Å². The van der Waals surface area contributed by atoms with Crippen molar-refractivity contribution in [2.75, 3.05) is 0 Å². The molecule has 0 aliphatic carbocycles. The summed E-state index contributed by atoms with van der Waals surface area (Å²) in [6.07, 6.45) is 0. The van der Waals surface area contributed by atoms with Crippen LogP contribution in [0.1, 0.15) is 24.2 Å². The van der Waals surface area contributed by atoms with E-state index < -0.39 is 17.5 Å². The van der Waals surface area contributed by atoms with Gasteiger partial charge >= 0.3 is 5.97 Å². The summed E-state index contributed by atoms with van der Waals surface area (Å²) in [5.74, 6) is -2.67. The molecule has 1 aromatic carbocycles. The maximum absolute atomic E-state index is 12.3. The lowest BCUT2D eigenvalue weighted by atomic mass is 10.2. The number of hydrogen-bond acceptors (Lipinski definition) is 2. The van der Waals surface area contributed by atoms with Crippen LogP contribution in [0.2, 0.25) is 0 Å². The van der Waals surface area contributed by atoms with Gasteiger partial charge in [-0.15, -0.1) is 0 Å². The molecule has 0 fully saturated rings. The predicted octanol–water partition coefficient (Wildman–Crippen LogP) is 2.26. The van der Waals surface area contributed by atoms with Crippen molar-refractivity contribution >= 4 is 5.97 Å². The third-order valence-electron chi connectivity index (χ3n) is 1.19. The van der Waals surface area contributed by atoms with E-state index in [4.69, 9.17) is 10.2 Å². The Labute approximate surface area is 75.4 Å². The molecule has 0 bridgehead atoms. The van der Waals surface area contributed by atoms with Gasteiger partial charge in [-0.3, -0.25) is 0 Å². The second kappa shape index (κ2) is 5.13. The number of aromatic carboxylic acids is 1. The van der Waals surface area contributed by atoms with Gasteiger partial charge in [-0.2, -0.15) is 0 Å². The Morgan fingerprint density at radius 3 is 2.31 bits per heavy atom. The molecule has 0 unspecified atom stereocenters. The van der Waals surface area contributed by atoms with E-state index in [9.17, 15) is 9.18 Å². The summed E-state index contributed by atoms with van der Waals surface area (Å²) in [7, 11) is 0. The topological polar surface area (TPSA) is 57.5 Å². The van der Waals surface area contributed by atoms with E-state index in [1.807, 2.05) is 13.8 Å². The van der Waals surface area contributed by atoms with E-state index in [-0.39, 0.29) is 5.56 Å². The van der Waals surface area contributed by atoms with Crippen molar-refractivity contribution in [3.8, 4) is 5.75 Å². The summed E-state index contributed by atoms with van der Waals surface area (Å²) in [6, 6.07) is 2.84. The molecule has 0 saturated carbocycles. The van der Waals surface area contributed by atoms with Gasteiger partial charge in [0.1, 0.15) is 0 Å². The summed E-state index contributed by atoms with van der Waals surface area (Å²) >= 11 is 0. The standard InChI is InChI=1S/C7H5FO3.C2H6/c8-5-2-1-4(7(10)11)3-6(5)9;1-2/h1-3,9H,(H,10,11);1-2H3. The number of carboxylic acids is 1. The summed E-state index contributed by atoms with van der Waals surface area (Å²) in [5.41, 5.74) is -0.135. The van der Waals surface area contributed by atoms with Gasteiger partial charge in [0.15, 0.2) is 11.6 Å². The molecular weight excluding hydrogens is 175 g/mol. The zero-order valence-electron chi connectivity index (χ0n) is 7.41. The highest BCUT2D eigenvalue weighted by molar-refractivity contribution is 5.87. The fraction of sp³-hybridized carbons (Fsp3) is 0.222. The summed E-state index contributed by atoms with van der Waals surface area (Å²) in [4.78, 5) is 10.2. The fourth-order valence-corrected chi connectivity index (χ4v) is 0.646. The first kappa shape index (κ1) is 11.4. The highest BCUT2D eigenvalue weighted by atomic mass is 19.1. The summed E-state index contributed by atoms with van der Waals surface area (Å²) < 4.78 is 12.3. The second-order valence-corrected chi connectivity index (χ2v) is 1.97. The average molecular weight is 186 g/mol. The van der Waals surface area contributed by atoms with Crippen LogP contribution in [-0.2, 0) is 0 Å². The number of phenols is 1. The lowest BCUT2D eigenvalue weighted by molar-refractivity contribution is 0.0696. The normalized spacial score (nSPS) is 8.54. The van der Waals surface area contributed by atoms with E-state index in [0.29, 0.717) is 0 Å². The maximum atomic E-state index is 12.3. The van der Waals surface area contributed by atoms with Crippen molar-refractivity contribution in [3.63, 3.8) is 0 Å². The molecule has 1 aromatic rings. The molecular formula is C9H11FO3. The molecule has 1 rings (SSSR count). The molecule has 0 amide bonds. The molecule has 4 heteroatoms. The van der Waals surface area contributed by atoms with Gasteiger partial charge in [0.25, 0.3) is 0 Å². The van der Waals surface area contributed by atoms with Gasteiger partial charge in [0.2, 0.25) is 0 Å². The zero-order valence-corrected chi connectivity index (χ0v) is 7.41. The Bertz CT molecular complexity index is 297. The van der Waals surface area contributed by atoms with E-state index in [1.165, 1.54) is 0 Å². The van der Waals surface area contributed by atoms with Crippen molar-refractivity contribution in [1.82, 2.24) is 0 Å². The Morgan fingerprint density at radius 2 is 1.92 bits per heavy atom. The van der Waals surface area contributed by atoms with Gasteiger partial charge in [0, 0.05) is 0 Å². The number of hydrogen-bond donors (Lipinski definition) is 2. The van der Waals surface area contributed by atoms with E-state index in [1.54, 1.807) is 0 Å². The van der Waals surface area contributed by atoms with Gasteiger partial charge in [0.05, 0.1) is 5.56 Å². The Hall–Kier alpha value is -1.58. The molecule has 0 aromatic heterocycles. The molecule has 0 radical (unpaired) electrons. The fourth-order valence-electron chi connectivity index (χ4n) is 0.646. The molecule has 0 atom stereocenters. The molecule has 0 aliphatic rings. The highest BCUT2D eigenvalue weighted by Gasteiger charge is 2.05. The van der Waals surface area contributed by atoms with Crippen LogP contribution >= 0.6 is 0 Å². The van der Waals surface area contributed by atoms with Crippen LogP contribution in [0, 0.1) is 5.82 Å². The number of carbonyl (C=O) groups is 1. The molecule has 72 valence electrons. The number of carboxylic acid groups (broad SMARTS) is 1. The molecule has 2 N–H and O–H groups in total. The monoisotopic (exact) mass is 186 g/mol. The number of rotatable bonds is 1. The minimum absolute atomic E-state index is 0.135. The first-order chi connectivity index (χ1) is 6.11. The summed E-state index contributed by atoms with van der Waals surface area (Å²) in [5, 5.41) is 17.1. The van der Waals surface area contributed by atoms with Crippen molar-refractivity contribution in [2.24, 2.45) is 0 Å². The third kappa shape index (κ3) is 3.11. The lowest BCUT2D eigenvalue weighted by Crippen LogP contribution is -1.95. The van der Waals surface area contributed by atoms with Crippen molar-refractivity contribution in [2.45, 2.75) is 13.8 Å². The van der Waals surface area contributed by atoms with E-state index in [0.717, 1.165) is 18.2 Å². The predicted molar refractivity (Wildman–Crippen MR) is 46.4 cm³/mol. The molecule has 0 saturated heterocycles. The Morgan fingerprint density at radius 1 is 1.38 bits per heavy atom. The Balaban J connectivity index is 0.000000671. The number of halogens is 1. The third-order valence-corrected chi connectivity index (χ3v) is 1.19. The first-order valence-corrected chi connectivity index (χ1v) is 3.83. The van der Waals surface area contributed by atoms with Crippen LogP contribution in [-0.4, -0.2) is 16.2 Å². The molecule has 3 nitrogen and oxygen atoms in total. The van der Waals surface area contributed by atoms with Crippen LogP contribution in [0.25, 0.3) is 0 Å². The first-order valence-electron chi connectivity index (χ1n) is 3.83. The minimum atomic E-state index is -1.19. The smallest absolute Gasteiger partial charge is 0.335 e. The number of aromatic hydroxyl groups is 1. The largest absolute Gasteiger partial charge is 0.505 e. The van der Waals surface area contributed by atoms with Crippen molar-refractivity contribution in [3.05, 3.63) is 29.6 Å². The van der Waals surface area contributed by atoms with Gasteiger partial charge in [-0.05, 0) is 18.2 Å². The SMILES string of the molecule is CC.O=C(O)c1ccc(F)c(O)c1. The van der Waals surface area contributed by atoms with Gasteiger partial charge in [-0.25, -0.2) is 9.18 Å². The molecule has 0 spiro atoms.